The van der Waals surface area contributed by atoms with Gasteiger partial charge in [-0.3, -0.25) is 4.79 Å². The Labute approximate surface area is 120 Å². The van der Waals surface area contributed by atoms with Gasteiger partial charge in [-0.15, -0.1) is 0 Å². The second-order valence-electron chi connectivity index (χ2n) is 5.72. The predicted octanol–water partition coefficient (Wildman–Crippen LogP) is 2.20. The van der Waals surface area contributed by atoms with Crippen LogP contribution in [0.1, 0.15) is 53.4 Å². The minimum absolute atomic E-state index is 0.0631. The van der Waals surface area contributed by atoms with Gasteiger partial charge in [0.1, 0.15) is 11.4 Å². The number of esters is 1. The second kappa shape index (κ2) is 8.55. The summed E-state index contributed by atoms with van der Waals surface area (Å²) in [7, 11) is 1.29. The van der Waals surface area contributed by atoms with Crippen molar-refractivity contribution in [1.29, 1.82) is 0 Å². The molecule has 0 saturated carbocycles. The molecule has 0 spiro atoms. The monoisotopic (exact) mass is 287 g/mol. The van der Waals surface area contributed by atoms with Gasteiger partial charge in [-0.2, -0.15) is 0 Å². The number of ketones is 1. The quantitative estimate of drug-likeness (QED) is 0.726. The molecular weight excluding hydrogens is 262 g/mol. The maximum atomic E-state index is 11.7. The van der Waals surface area contributed by atoms with E-state index in [1.54, 1.807) is 20.8 Å². The summed E-state index contributed by atoms with van der Waals surface area (Å²) in [5, 5.41) is 2.64. The Hall–Kier alpha value is -1.59. The molecule has 20 heavy (non-hydrogen) atoms. The molecule has 0 saturated heterocycles. The van der Waals surface area contributed by atoms with E-state index in [-0.39, 0.29) is 12.2 Å². The first-order valence-corrected chi connectivity index (χ1v) is 6.70. The summed E-state index contributed by atoms with van der Waals surface area (Å²) >= 11 is 0. The number of hydrogen-bond donors (Lipinski definition) is 1. The van der Waals surface area contributed by atoms with Gasteiger partial charge in [0, 0.05) is 12.5 Å². The summed E-state index contributed by atoms with van der Waals surface area (Å²) < 4.78 is 9.73. The van der Waals surface area contributed by atoms with Crippen molar-refractivity contribution in [2.24, 2.45) is 0 Å². The largest absolute Gasteiger partial charge is 0.469 e. The molecule has 0 aromatic carbocycles. The molecule has 0 aliphatic carbocycles. The van der Waals surface area contributed by atoms with Crippen LogP contribution in [-0.2, 0) is 19.1 Å². The number of alkyl carbamates (subject to hydrolysis) is 1. The number of nitrogens with one attached hydrogen (secondary N) is 1. The van der Waals surface area contributed by atoms with Crippen molar-refractivity contribution in [1.82, 2.24) is 5.32 Å². The van der Waals surface area contributed by atoms with Crippen molar-refractivity contribution in [3.05, 3.63) is 0 Å². The van der Waals surface area contributed by atoms with Crippen LogP contribution in [0, 0.1) is 0 Å². The van der Waals surface area contributed by atoms with Gasteiger partial charge in [-0.1, -0.05) is 0 Å². The van der Waals surface area contributed by atoms with Crippen molar-refractivity contribution in [3.63, 3.8) is 0 Å². The number of hydrogen-bond acceptors (Lipinski definition) is 5. The van der Waals surface area contributed by atoms with Gasteiger partial charge in [-0.25, -0.2) is 4.79 Å². The number of Topliss-reactive ketones (excluding diaryl/α,β-unsaturated/α-hetero) is 1. The van der Waals surface area contributed by atoms with Crippen LogP contribution in [0.2, 0.25) is 0 Å². The zero-order valence-corrected chi connectivity index (χ0v) is 12.9. The van der Waals surface area contributed by atoms with Crippen LogP contribution in [0.15, 0.2) is 0 Å². The molecule has 6 heteroatoms. The third kappa shape index (κ3) is 10.3. The fourth-order valence-corrected chi connectivity index (χ4v) is 1.58. The van der Waals surface area contributed by atoms with Crippen LogP contribution in [0.5, 0.6) is 0 Å². The summed E-state index contributed by atoms with van der Waals surface area (Å²) in [4.78, 5) is 33.9. The molecule has 0 aromatic rings. The van der Waals surface area contributed by atoms with Gasteiger partial charge in [-0.05, 0) is 40.5 Å². The molecule has 0 unspecified atom stereocenters. The summed E-state index contributed by atoms with van der Waals surface area (Å²) in [6, 6.07) is -0.392. The van der Waals surface area contributed by atoms with Gasteiger partial charge in [0.2, 0.25) is 0 Å². The molecule has 1 atom stereocenters. The number of rotatable bonds is 7. The van der Waals surface area contributed by atoms with Gasteiger partial charge < -0.3 is 19.6 Å². The Balaban J connectivity index is 4.40. The van der Waals surface area contributed by atoms with Crippen LogP contribution < -0.4 is 5.32 Å². The predicted molar refractivity (Wildman–Crippen MR) is 74.3 cm³/mol. The van der Waals surface area contributed by atoms with Crippen LogP contribution in [0.4, 0.5) is 4.79 Å². The SMILES string of the molecule is COC(=O)C[C@@H](CCCC(C)=O)NC(=O)OC(C)(C)C. The zero-order chi connectivity index (χ0) is 15.8. The van der Waals surface area contributed by atoms with Crippen molar-refractivity contribution < 1.29 is 23.9 Å². The van der Waals surface area contributed by atoms with E-state index in [1.807, 2.05) is 0 Å². The molecule has 0 fully saturated rings. The van der Waals surface area contributed by atoms with Crippen LogP contribution in [-0.4, -0.2) is 36.6 Å². The Morgan fingerprint density at radius 3 is 2.25 bits per heavy atom. The molecule has 6 nitrogen and oxygen atoms in total. The fourth-order valence-electron chi connectivity index (χ4n) is 1.58. The van der Waals surface area contributed by atoms with Crippen LogP contribution in [0.3, 0.4) is 0 Å². The first-order chi connectivity index (χ1) is 9.14. The molecule has 0 radical (unpaired) electrons. The number of methoxy groups -OCH3 is 1. The van der Waals surface area contributed by atoms with Gasteiger partial charge >= 0.3 is 12.1 Å². The lowest BCUT2D eigenvalue weighted by atomic mass is 10.1. The second-order valence-corrected chi connectivity index (χ2v) is 5.72. The lowest BCUT2D eigenvalue weighted by molar-refractivity contribution is -0.141. The first-order valence-electron chi connectivity index (χ1n) is 6.70. The minimum atomic E-state index is -0.598. The number of carbonyl (C=O) groups is 3. The summed E-state index contributed by atoms with van der Waals surface area (Å²) in [6.07, 6.45) is 1.04. The van der Waals surface area contributed by atoms with Crippen molar-refractivity contribution in [2.45, 2.75) is 65.0 Å². The molecule has 0 aromatic heterocycles. The van der Waals surface area contributed by atoms with Crippen LogP contribution >= 0.6 is 0 Å². The minimum Gasteiger partial charge on any atom is -0.469 e. The maximum absolute atomic E-state index is 11.7. The highest BCUT2D eigenvalue weighted by atomic mass is 16.6. The van der Waals surface area contributed by atoms with E-state index < -0.39 is 23.7 Å². The molecular formula is C14H25NO5. The highest BCUT2D eigenvalue weighted by Crippen LogP contribution is 2.10. The molecule has 0 heterocycles. The Morgan fingerprint density at radius 1 is 1.20 bits per heavy atom. The van der Waals surface area contributed by atoms with E-state index >= 15 is 0 Å². The Bertz CT molecular complexity index is 346. The third-order valence-electron chi connectivity index (χ3n) is 2.44. The number of carbonyl (C=O) groups excluding carboxylic acids is 3. The molecule has 0 aliphatic heterocycles. The third-order valence-corrected chi connectivity index (χ3v) is 2.44. The fraction of sp³-hybridized carbons (Fsp3) is 0.786. The summed E-state index contributed by atoms with van der Waals surface area (Å²) in [6.45, 7) is 6.80. The molecule has 1 N–H and O–H groups in total. The lowest BCUT2D eigenvalue weighted by Crippen LogP contribution is -2.40. The van der Waals surface area contributed by atoms with Gasteiger partial charge in [0.15, 0.2) is 0 Å². The van der Waals surface area contributed by atoms with E-state index in [0.29, 0.717) is 19.3 Å². The van der Waals surface area contributed by atoms with E-state index in [2.05, 4.69) is 10.1 Å². The van der Waals surface area contributed by atoms with Crippen molar-refractivity contribution in [3.8, 4) is 0 Å². The zero-order valence-electron chi connectivity index (χ0n) is 12.9. The van der Waals surface area contributed by atoms with E-state index in [0.717, 1.165) is 0 Å². The normalized spacial score (nSPS) is 12.4. The topological polar surface area (TPSA) is 81.7 Å². The Kier molecular flexibility index (Phi) is 7.87. The standard InChI is InChI=1S/C14H25NO5/c1-10(16)7-6-8-11(9-12(17)19-5)15-13(18)20-14(2,3)4/h11H,6-9H2,1-5H3,(H,15,18)/t11-/m1/s1. The molecule has 116 valence electrons. The molecule has 0 aliphatic rings. The number of ether oxygens (including phenoxy) is 2. The van der Waals surface area contributed by atoms with E-state index in [4.69, 9.17) is 4.74 Å². The molecule has 1 amide bonds. The van der Waals surface area contributed by atoms with Crippen molar-refractivity contribution in [2.75, 3.05) is 7.11 Å². The average Bonchev–Trinajstić information content (AvgIpc) is 2.25. The summed E-state index contributed by atoms with van der Waals surface area (Å²) in [5.74, 6) is -0.326. The number of amides is 1. The van der Waals surface area contributed by atoms with Gasteiger partial charge in [0.05, 0.1) is 13.5 Å². The highest BCUT2D eigenvalue weighted by Gasteiger charge is 2.21. The summed E-state index contributed by atoms with van der Waals surface area (Å²) in [5.41, 5.74) is -0.598. The maximum Gasteiger partial charge on any atom is 0.407 e. The Morgan fingerprint density at radius 2 is 1.80 bits per heavy atom. The highest BCUT2D eigenvalue weighted by molar-refractivity contribution is 5.75. The smallest absolute Gasteiger partial charge is 0.407 e. The molecule has 0 bridgehead atoms. The first kappa shape index (κ1) is 18.4. The lowest BCUT2D eigenvalue weighted by Gasteiger charge is -2.23. The average molecular weight is 287 g/mol. The van der Waals surface area contributed by atoms with Crippen LogP contribution in [0.25, 0.3) is 0 Å². The van der Waals surface area contributed by atoms with Gasteiger partial charge in [0.25, 0.3) is 0 Å². The molecule has 0 rings (SSSR count). The van der Waals surface area contributed by atoms with Crippen molar-refractivity contribution >= 4 is 17.8 Å². The van der Waals surface area contributed by atoms with E-state index in [9.17, 15) is 14.4 Å². The van der Waals surface area contributed by atoms with E-state index in [1.165, 1.54) is 14.0 Å².